The Bertz CT molecular complexity index is 1140. The number of rotatable bonds is 8. The fraction of sp³-hybridized carbons (Fsp3) is 0.444. The van der Waals surface area contributed by atoms with E-state index in [0.717, 1.165) is 0 Å². The molecule has 5 rings (SSSR count). The van der Waals surface area contributed by atoms with E-state index in [1.807, 2.05) is 18.2 Å². The molecule has 2 N–H and O–H groups in total. The van der Waals surface area contributed by atoms with Crippen LogP contribution < -0.4 is 10.1 Å². The Hall–Kier alpha value is -3.43. The summed E-state index contributed by atoms with van der Waals surface area (Å²) in [6, 6.07) is 14.1. The molecule has 9 heteroatoms. The number of aliphatic hydroxyl groups excluding tert-OH is 1. The van der Waals surface area contributed by atoms with Gasteiger partial charge in [-0.2, -0.15) is 0 Å². The normalized spacial score (nSPS) is 29.1. The molecule has 6 atom stereocenters. The highest BCUT2D eigenvalue weighted by atomic mass is 16.6. The van der Waals surface area contributed by atoms with Crippen molar-refractivity contribution in [2.24, 2.45) is 11.8 Å². The second-order valence-corrected chi connectivity index (χ2v) is 9.38. The van der Waals surface area contributed by atoms with Crippen LogP contribution >= 0.6 is 0 Å². The first kappa shape index (κ1) is 24.3. The number of carbonyl (C=O) groups excluding carboxylic acids is 3. The van der Waals surface area contributed by atoms with Gasteiger partial charge in [0.15, 0.2) is 0 Å². The Balaban J connectivity index is 1.56. The van der Waals surface area contributed by atoms with Crippen LogP contribution in [0.4, 0.5) is 5.69 Å². The van der Waals surface area contributed by atoms with Crippen molar-refractivity contribution in [3.8, 4) is 5.75 Å². The minimum atomic E-state index is -1.18. The molecule has 0 aliphatic carbocycles. The summed E-state index contributed by atoms with van der Waals surface area (Å²) in [4.78, 5) is 42.3. The third kappa shape index (κ3) is 3.74. The maximum atomic E-state index is 14.0. The number of aliphatic hydroxyl groups is 1. The molecule has 2 aromatic carbocycles. The summed E-state index contributed by atoms with van der Waals surface area (Å²) < 4.78 is 16.9. The Labute approximate surface area is 209 Å². The molecule has 2 bridgehead atoms. The van der Waals surface area contributed by atoms with Crippen molar-refractivity contribution in [3.63, 3.8) is 0 Å². The van der Waals surface area contributed by atoms with Crippen LogP contribution in [0.3, 0.4) is 0 Å². The molecule has 0 radical (unpaired) electrons. The molecule has 190 valence electrons. The molecule has 0 aromatic heterocycles. The first-order valence-corrected chi connectivity index (χ1v) is 12.2. The average molecular weight is 495 g/mol. The summed E-state index contributed by atoms with van der Waals surface area (Å²) in [6.45, 7) is 1.51. The van der Waals surface area contributed by atoms with E-state index in [0.29, 0.717) is 29.8 Å². The SMILES string of the molecule is CCOC(=O)[C@@H]1[C@@H]2CC[C@]3(O2)[C@H](C(=O)Nc2ccc(OC)cc2)N([C@H](CO)c2ccccc2)C(=O)[C@@H]13. The quantitative estimate of drug-likeness (QED) is 0.541. The summed E-state index contributed by atoms with van der Waals surface area (Å²) in [5.74, 6) is -2.31. The number of anilines is 1. The predicted octanol–water partition coefficient (Wildman–Crippen LogP) is 2.30. The molecule has 3 aliphatic rings. The second-order valence-electron chi connectivity index (χ2n) is 9.38. The van der Waals surface area contributed by atoms with Gasteiger partial charge < -0.3 is 29.5 Å². The van der Waals surface area contributed by atoms with Crippen molar-refractivity contribution in [1.29, 1.82) is 0 Å². The molecule has 2 aromatic rings. The molecule has 0 saturated carbocycles. The van der Waals surface area contributed by atoms with Crippen LogP contribution in [0.2, 0.25) is 0 Å². The van der Waals surface area contributed by atoms with E-state index in [9.17, 15) is 19.5 Å². The third-order valence-corrected chi connectivity index (χ3v) is 7.60. The number of methoxy groups -OCH3 is 1. The molecule has 0 unspecified atom stereocenters. The predicted molar refractivity (Wildman–Crippen MR) is 129 cm³/mol. The Kier molecular flexibility index (Phi) is 6.44. The Morgan fingerprint density at radius 3 is 2.56 bits per heavy atom. The Morgan fingerprint density at radius 2 is 1.92 bits per heavy atom. The largest absolute Gasteiger partial charge is 0.497 e. The molecular formula is C27H30N2O7. The molecule has 9 nitrogen and oxygen atoms in total. The average Bonchev–Trinajstić information content (AvgIpc) is 3.53. The van der Waals surface area contributed by atoms with Gasteiger partial charge in [-0.15, -0.1) is 0 Å². The topological polar surface area (TPSA) is 114 Å². The number of esters is 1. The minimum absolute atomic E-state index is 0.185. The van der Waals surface area contributed by atoms with E-state index in [-0.39, 0.29) is 12.5 Å². The van der Waals surface area contributed by atoms with Crippen LogP contribution in [0.5, 0.6) is 5.75 Å². The van der Waals surface area contributed by atoms with Crippen molar-refractivity contribution in [2.45, 2.75) is 43.6 Å². The van der Waals surface area contributed by atoms with Crippen molar-refractivity contribution in [2.75, 3.05) is 25.6 Å². The van der Waals surface area contributed by atoms with E-state index in [4.69, 9.17) is 14.2 Å². The standard InChI is InChI=1S/C27H30N2O7/c1-3-35-26(33)21-20-13-14-27(36-20)22(21)25(32)29(19(15-30)16-7-5-4-6-8-16)23(27)24(31)28-17-9-11-18(34-2)12-10-17/h4-12,19-23,30H,3,13-15H2,1-2H3,(H,28,31)/t19-,20+,21-,22-,23+,27-/m1/s1. The number of ether oxygens (including phenoxy) is 3. The van der Waals surface area contributed by atoms with Crippen LogP contribution in [0.25, 0.3) is 0 Å². The van der Waals surface area contributed by atoms with Gasteiger partial charge in [-0.05, 0) is 49.6 Å². The number of nitrogens with one attached hydrogen (secondary N) is 1. The zero-order valence-electron chi connectivity index (χ0n) is 20.3. The summed E-state index contributed by atoms with van der Waals surface area (Å²) >= 11 is 0. The molecular weight excluding hydrogens is 464 g/mol. The van der Waals surface area contributed by atoms with Crippen molar-refractivity contribution >= 4 is 23.5 Å². The van der Waals surface area contributed by atoms with Crippen molar-refractivity contribution in [3.05, 3.63) is 60.2 Å². The van der Waals surface area contributed by atoms with Crippen LogP contribution in [0.1, 0.15) is 31.4 Å². The highest BCUT2D eigenvalue weighted by molar-refractivity contribution is 6.03. The number of amides is 2. The molecule has 3 heterocycles. The van der Waals surface area contributed by atoms with Crippen LogP contribution in [-0.4, -0.2) is 65.9 Å². The Morgan fingerprint density at radius 1 is 1.19 bits per heavy atom. The van der Waals surface area contributed by atoms with Gasteiger partial charge in [-0.25, -0.2) is 0 Å². The number of hydrogen-bond donors (Lipinski definition) is 2. The van der Waals surface area contributed by atoms with E-state index in [2.05, 4.69) is 5.32 Å². The maximum Gasteiger partial charge on any atom is 0.312 e. The molecule has 36 heavy (non-hydrogen) atoms. The molecule has 3 aliphatic heterocycles. The monoisotopic (exact) mass is 494 g/mol. The van der Waals surface area contributed by atoms with Crippen molar-refractivity contribution in [1.82, 2.24) is 4.90 Å². The number of fused-ring (bicyclic) bond motifs is 1. The lowest BCUT2D eigenvalue weighted by Crippen LogP contribution is -2.54. The van der Waals surface area contributed by atoms with Gasteiger partial charge >= 0.3 is 5.97 Å². The fourth-order valence-electron chi connectivity index (χ4n) is 6.15. The minimum Gasteiger partial charge on any atom is -0.497 e. The number of benzene rings is 2. The fourth-order valence-corrected chi connectivity index (χ4v) is 6.15. The van der Waals surface area contributed by atoms with E-state index in [1.54, 1.807) is 50.4 Å². The van der Waals surface area contributed by atoms with Crippen molar-refractivity contribution < 1.29 is 33.7 Å². The van der Waals surface area contributed by atoms with Gasteiger partial charge in [0, 0.05) is 5.69 Å². The van der Waals surface area contributed by atoms with Gasteiger partial charge in [-0.1, -0.05) is 30.3 Å². The van der Waals surface area contributed by atoms with Gasteiger partial charge in [-0.3, -0.25) is 14.4 Å². The van der Waals surface area contributed by atoms with Gasteiger partial charge in [0.05, 0.1) is 44.3 Å². The summed E-state index contributed by atoms with van der Waals surface area (Å²) in [6.07, 6.45) is 0.511. The number of hydrogen-bond acceptors (Lipinski definition) is 7. The molecule has 3 fully saturated rings. The third-order valence-electron chi connectivity index (χ3n) is 7.60. The zero-order chi connectivity index (χ0) is 25.4. The molecule has 2 amide bonds. The van der Waals surface area contributed by atoms with Crippen LogP contribution in [0.15, 0.2) is 54.6 Å². The number of nitrogens with zero attached hydrogens (tertiary/aromatic N) is 1. The lowest BCUT2D eigenvalue weighted by molar-refractivity contribution is -0.155. The lowest BCUT2D eigenvalue weighted by atomic mass is 9.70. The smallest absolute Gasteiger partial charge is 0.312 e. The van der Waals surface area contributed by atoms with Gasteiger partial charge in [0.25, 0.3) is 0 Å². The highest BCUT2D eigenvalue weighted by Crippen LogP contribution is 2.59. The summed E-state index contributed by atoms with van der Waals surface area (Å²) in [5.41, 5.74) is 0.0368. The van der Waals surface area contributed by atoms with E-state index < -0.39 is 54.1 Å². The summed E-state index contributed by atoms with van der Waals surface area (Å²) in [5, 5.41) is 13.3. The van der Waals surface area contributed by atoms with Gasteiger partial charge in [0.1, 0.15) is 17.4 Å². The first-order chi connectivity index (χ1) is 17.4. The molecule has 3 saturated heterocycles. The highest BCUT2D eigenvalue weighted by Gasteiger charge is 2.75. The second kappa shape index (κ2) is 9.55. The summed E-state index contributed by atoms with van der Waals surface area (Å²) in [7, 11) is 1.56. The number of carbonyl (C=O) groups is 3. The van der Waals surface area contributed by atoms with Gasteiger partial charge in [0.2, 0.25) is 11.8 Å². The zero-order valence-corrected chi connectivity index (χ0v) is 20.3. The van der Waals surface area contributed by atoms with E-state index in [1.165, 1.54) is 4.90 Å². The number of likely N-dealkylation sites (tertiary alicyclic amines) is 1. The molecule has 1 spiro atoms. The first-order valence-electron chi connectivity index (χ1n) is 12.2. The maximum absolute atomic E-state index is 14.0. The van der Waals surface area contributed by atoms with Crippen LogP contribution in [-0.2, 0) is 23.9 Å². The van der Waals surface area contributed by atoms with E-state index >= 15 is 0 Å². The lowest BCUT2D eigenvalue weighted by Gasteiger charge is -2.36. The van der Waals surface area contributed by atoms with Crippen LogP contribution in [0, 0.1) is 11.8 Å².